The number of sulfone groups is 1. The number of H-pyrrole nitrogens is 1. The van der Waals surface area contributed by atoms with Gasteiger partial charge in [0.2, 0.25) is 0 Å². The van der Waals surface area contributed by atoms with Crippen LogP contribution in [0.1, 0.15) is 5.69 Å². The summed E-state index contributed by atoms with van der Waals surface area (Å²) < 4.78 is 68.1. The van der Waals surface area contributed by atoms with Gasteiger partial charge in [0, 0.05) is 11.9 Å². The molecule has 7 nitrogen and oxygen atoms in total. The average Bonchev–Trinajstić information content (AvgIpc) is 3.27. The molecule has 1 aromatic carbocycles. The maximum Gasteiger partial charge on any atom is 0.435 e. The highest BCUT2D eigenvalue weighted by molar-refractivity contribution is 7.90. The lowest BCUT2D eigenvalue weighted by Gasteiger charge is -2.05. The highest BCUT2D eigenvalue weighted by Gasteiger charge is 2.35. The van der Waals surface area contributed by atoms with E-state index < -0.39 is 34.2 Å². The molecule has 0 radical (unpaired) electrons. The molecule has 11 heteroatoms. The van der Waals surface area contributed by atoms with Crippen molar-refractivity contribution in [2.45, 2.75) is 17.6 Å². The van der Waals surface area contributed by atoms with Crippen LogP contribution in [0.15, 0.2) is 47.4 Å². The Morgan fingerprint density at radius 2 is 1.86 bits per heavy atom. The van der Waals surface area contributed by atoms with Crippen LogP contribution in [0.2, 0.25) is 0 Å². The first-order valence-electron chi connectivity index (χ1n) is 8.21. The van der Waals surface area contributed by atoms with E-state index in [4.69, 9.17) is 0 Å². The van der Waals surface area contributed by atoms with Gasteiger partial charge in [0.05, 0.1) is 23.4 Å². The van der Waals surface area contributed by atoms with Gasteiger partial charge >= 0.3 is 12.1 Å². The Bertz CT molecular complexity index is 1160. The zero-order valence-electron chi connectivity index (χ0n) is 15.3. The number of rotatable bonds is 5. The van der Waals surface area contributed by atoms with Gasteiger partial charge in [-0.05, 0) is 35.9 Å². The highest BCUT2D eigenvalue weighted by Crippen LogP contribution is 2.32. The van der Waals surface area contributed by atoms with Crippen molar-refractivity contribution in [3.05, 3.63) is 48.2 Å². The number of methoxy groups -OCH3 is 1. The van der Waals surface area contributed by atoms with Gasteiger partial charge in [0.1, 0.15) is 6.54 Å². The summed E-state index contributed by atoms with van der Waals surface area (Å²) >= 11 is 0. The predicted molar refractivity (Wildman–Crippen MR) is 97.6 cm³/mol. The number of nitrogens with one attached hydrogen (secondary N) is 1. The number of aromatic amines is 1. The summed E-state index contributed by atoms with van der Waals surface area (Å²) in [4.78, 5) is 14.6. The quantitative estimate of drug-likeness (QED) is 0.632. The maximum atomic E-state index is 13.1. The standard InChI is InChI=1S/C18H16F3N3O4S/c1-28-17(25)10-24-15(9-16(23-24)18(19,20)21)14-7-6-13(22-14)11-4-3-5-12(8-11)29(2,26)27/h3-9,22H,10H2,1-2H3. The molecule has 2 heterocycles. The summed E-state index contributed by atoms with van der Waals surface area (Å²) in [7, 11) is -2.30. The largest absolute Gasteiger partial charge is 0.468 e. The number of halogens is 3. The van der Waals surface area contributed by atoms with E-state index in [1.54, 1.807) is 18.2 Å². The van der Waals surface area contributed by atoms with Gasteiger partial charge in [0.25, 0.3) is 0 Å². The lowest BCUT2D eigenvalue weighted by molar-refractivity contribution is -0.144. The van der Waals surface area contributed by atoms with E-state index in [1.165, 1.54) is 18.2 Å². The fourth-order valence-corrected chi connectivity index (χ4v) is 3.35. The topological polar surface area (TPSA) is 94.1 Å². The van der Waals surface area contributed by atoms with Crippen molar-refractivity contribution in [3.63, 3.8) is 0 Å². The molecule has 1 N–H and O–H groups in total. The first-order chi connectivity index (χ1) is 13.5. The number of benzene rings is 1. The molecule has 0 atom stereocenters. The lowest BCUT2D eigenvalue weighted by atomic mass is 10.2. The molecule has 0 saturated carbocycles. The van der Waals surface area contributed by atoms with Crippen LogP contribution in [0.4, 0.5) is 13.2 Å². The van der Waals surface area contributed by atoms with Gasteiger partial charge in [-0.3, -0.25) is 9.48 Å². The molecule has 0 spiro atoms. The van der Waals surface area contributed by atoms with Gasteiger partial charge in [-0.15, -0.1) is 0 Å². The fraction of sp³-hybridized carbons (Fsp3) is 0.222. The monoisotopic (exact) mass is 427 g/mol. The zero-order valence-corrected chi connectivity index (χ0v) is 16.1. The third-order valence-electron chi connectivity index (χ3n) is 4.11. The number of hydrogen-bond donors (Lipinski definition) is 1. The first kappa shape index (κ1) is 20.6. The van der Waals surface area contributed by atoms with Crippen LogP contribution < -0.4 is 0 Å². The molecule has 0 saturated heterocycles. The molecule has 3 rings (SSSR count). The number of aromatic nitrogens is 3. The molecule has 0 aliphatic heterocycles. The summed E-state index contributed by atoms with van der Waals surface area (Å²) in [5.74, 6) is -0.754. The number of hydrogen-bond acceptors (Lipinski definition) is 5. The number of nitrogens with zero attached hydrogens (tertiary/aromatic N) is 2. The Hall–Kier alpha value is -3.08. The third-order valence-corrected chi connectivity index (χ3v) is 5.22. The second-order valence-electron chi connectivity index (χ2n) is 6.23. The molecule has 0 aliphatic rings. The zero-order chi connectivity index (χ0) is 21.4. The van der Waals surface area contributed by atoms with Crippen LogP contribution in [0.5, 0.6) is 0 Å². The molecular weight excluding hydrogens is 411 g/mol. The van der Waals surface area contributed by atoms with Gasteiger partial charge in [-0.1, -0.05) is 12.1 Å². The maximum absolute atomic E-state index is 13.1. The van der Waals surface area contributed by atoms with Crippen LogP contribution in [-0.4, -0.2) is 42.5 Å². The van der Waals surface area contributed by atoms with Crippen molar-refractivity contribution in [3.8, 4) is 22.6 Å². The fourth-order valence-electron chi connectivity index (χ4n) is 2.69. The molecule has 0 unspecified atom stereocenters. The van der Waals surface area contributed by atoms with E-state index >= 15 is 0 Å². The van der Waals surface area contributed by atoms with Crippen LogP contribution >= 0.6 is 0 Å². The van der Waals surface area contributed by atoms with Gasteiger partial charge in [-0.25, -0.2) is 8.42 Å². The van der Waals surface area contributed by atoms with E-state index in [0.717, 1.165) is 24.1 Å². The van der Waals surface area contributed by atoms with Crippen molar-refractivity contribution in [2.24, 2.45) is 0 Å². The van der Waals surface area contributed by atoms with Crippen LogP contribution in [0, 0.1) is 0 Å². The Labute approximate surface area is 164 Å². The normalized spacial score (nSPS) is 12.2. The van der Waals surface area contributed by atoms with Crippen molar-refractivity contribution in [2.75, 3.05) is 13.4 Å². The summed E-state index contributed by atoms with van der Waals surface area (Å²) in [6, 6.07) is 10.1. The van der Waals surface area contributed by atoms with Crippen LogP contribution in [0.3, 0.4) is 0 Å². The molecule has 0 fully saturated rings. The SMILES string of the molecule is COC(=O)Cn1nc(C(F)(F)F)cc1-c1ccc(-c2cccc(S(C)(=O)=O)c2)[nH]1. The third kappa shape index (κ3) is 4.50. The summed E-state index contributed by atoms with van der Waals surface area (Å²) in [6.45, 7) is -0.500. The van der Waals surface area contributed by atoms with Gasteiger partial charge in [-0.2, -0.15) is 18.3 Å². The molecule has 2 aromatic heterocycles. The van der Waals surface area contributed by atoms with Gasteiger partial charge in [0.15, 0.2) is 15.5 Å². The van der Waals surface area contributed by atoms with E-state index in [9.17, 15) is 26.4 Å². The number of carbonyl (C=O) groups is 1. The Morgan fingerprint density at radius 1 is 1.17 bits per heavy atom. The smallest absolute Gasteiger partial charge is 0.435 e. The van der Waals surface area contributed by atoms with Crippen molar-refractivity contribution < 1.29 is 31.1 Å². The molecule has 29 heavy (non-hydrogen) atoms. The molecule has 0 amide bonds. The van der Waals surface area contributed by atoms with Crippen molar-refractivity contribution >= 4 is 15.8 Å². The predicted octanol–water partition coefficient (Wildman–Crippen LogP) is 3.14. The van der Waals surface area contributed by atoms with E-state index in [2.05, 4.69) is 14.8 Å². The average molecular weight is 427 g/mol. The second-order valence-corrected chi connectivity index (χ2v) is 8.25. The first-order valence-corrected chi connectivity index (χ1v) is 10.1. The minimum atomic E-state index is -4.69. The minimum Gasteiger partial charge on any atom is -0.468 e. The highest BCUT2D eigenvalue weighted by atomic mass is 32.2. The molecule has 3 aromatic rings. The summed E-state index contributed by atoms with van der Waals surface area (Å²) in [5.41, 5.74) is 0.190. The van der Waals surface area contributed by atoms with Crippen LogP contribution in [-0.2, 0) is 32.1 Å². The summed E-state index contributed by atoms with van der Waals surface area (Å²) in [5, 5.41) is 3.47. The molecule has 154 valence electrons. The van der Waals surface area contributed by atoms with E-state index in [1.807, 2.05) is 0 Å². The lowest BCUT2D eigenvalue weighted by Crippen LogP contribution is -2.15. The Kier molecular flexibility index (Phi) is 5.26. The number of carbonyl (C=O) groups excluding carboxylic acids is 1. The number of ether oxygens (including phenoxy) is 1. The van der Waals surface area contributed by atoms with Crippen LogP contribution in [0.25, 0.3) is 22.6 Å². The van der Waals surface area contributed by atoms with Crippen molar-refractivity contribution in [1.29, 1.82) is 0 Å². The number of esters is 1. The Balaban J connectivity index is 2.04. The van der Waals surface area contributed by atoms with E-state index in [-0.39, 0.29) is 16.3 Å². The van der Waals surface area contributed by atoms with E-state index in [0.29, 0.717) is 11.3 Å². The molecule has 0 aliphatic carbocycles. The Morgan fingerprint density at radius 3 is 2.48 bits per heavy atom. The molecular formula is C18H16F3N3O4S. The minimum absolute atomic E-state index is 0.0354. The van der Waals surface area contributed by atoms with Crippen molar-refractivity contribution in [1.82, 2.24) is 14.8 Å². The molecule has 0 bridgehead atoms. The van der Waals surface area contributed by atoms with Gasteiger partial charge < -0.3 is 9.72 Å². The second kappa shape index (κ2) is 7.39. The summed E-state index contributed by atoms with van der Waals surface area (Å²) in [6.07, 6.45) is -3.61. The number of alkyl halides is 3.